The molecule has 9 heteroatoms. The molecule has 0 spiro atoms. The lowest BCUT2D eigenvalue weighted by molar-refractivity contribution is -0.202. The van der Waals surface area contributed by atoms with E-state index < -0.39 is 32.5 Å². The molecule has 0 aromatic rings. The normalized spacial score (nSPS) is 33.9. The van der Waals surface area contributed by atoms with Gasteiger partial charge in [0.05, 0.1) is 13.0 Å². The Morgan fingerprint density at radius 1 is 1.24 bits per heavy atom. The van der Waals surface area contributed by atoms with Crippen LogP contribution in [0.5, 0.6) is 0 Å². The van der Waals surface area contributed by atoms with Crippen molar-refractivity contribution in [1.82, 2.24) is 10.2 Å². The Balaban J connectivity index is 1.83. The number of hydrogen-bond donors (Lipinski definition) is 1. The minimum Gasteiger partial charge on any atom is -0.414 e. The Kier molecular flexibility index (Phi) is 5.76. The van der Waals surface area contributed by atoms with Crippen molar-refractivity contribution >= 4 is 20.3 Å². The maximum absolute atomic E-state index is 12.6. The number of imide groups is 1. The fraction of sp³-hybridized carbons (Fsp3) is 0.800. The van der Waals surface area contributed by atoms with Crippen molar-refractivity contribution in [2.24, 2.45) is 0 Å². The molecule has 3 aliphatic heterocycles. The van der Waals surface area contributed by atoms with E-state index in [1.54, 1.807) is 13.0 Å². The van der Waals surface area contributed by atoms with Crippen molar-refractivity contribution in [1.29, 1.82) is 0 Å². The summed E-state index contributed by atoms with van der Waals surface area (Å²) in [6.07, 6.45) is -0.00154. The summed E-state index contributed by atoms with van der Waals surface area (Å²) in [5.41, 5.74) is 0.599. The SMILES string of the molecule is C/C=C1\CC(=O)NC(=O)N1[C@@H]1O[C@H](CO[Si](C)(C)C(C)(C)C)[C@H]2OC(C)(C)O[C@H]21. The first kappa shape index (κ1) is 22.4. The average molecular weight is 427 g/mol. The summed E-state index contributed by atoms with van der Waals surface area (Å²) >= 11 is 0. The maximum Gasteiger partial charge on any atom is 0.330 e. The zero-order chi connectivity index (χ0) is 21.8. The van der Waals surface area contributed by atoms with Crippen molar-refractivity contribution in [3.63, 3.8) is 0 Å². The first-order valence-electron chi connectivity index (χ1n) is 10.2. The van der Waals surface area contributed by atoms with Crippen LogP contribution in [0, 0.1) is 0 Å². The quantitative estimate of drug-likeness (QED) is 0.695. The van der Waals surface area contributed by atoms with E-state index >= 15 is 0 Å². The van der Waals surface area contributed by atoms with E-state index in [1.807, 2.05) is 13.8 Å². The number of fused-ring (bicyclic) bond motifs is 1. The lowest BCUT2D eigenvalue weighted by Crippen LogP contribution is -2.55. The molecule has 3 fully saturated rings. The number of nitrogens with one attached hydrogen (secondary N) is 1. The molecule has 0 radical (unpaired) electrons. The molecule has 3 heterocycles. The summed E-state index contributed by atoms with van der Waals surface area (Å²) in [6.45, 7) is 16.8. The van der Waals surface area contributed by atoms with Gasteiger partial charge < -0.3 is 18.6 Å². The van der Waals surface area contributed by atoms with Crippen molar-refractivity contribution < 1.29 is 28.2 Å². The van der Waals surface area contributed by atoms with Crippen molar-refractivity contribution in [2.75, 3.05) is 6.61 Å². The molecular formula is C20H34N2O6Si. The predicted octanol–water partition coefficient (Wildman–Crippen LogP) is 3.10. The maximum atomic E-state index is 12.6. The summed E-state index contributed by atoms with van der Waals surface area (Å²) in [4.78, 5) is 25.9. The molecule has 0 unspecified atom stereocenters. The number of amides is 3. The first-order chi connectivity index (χ1) is 13.3. The van der Waals surface area contributed by atoms with Gasteiger partial charge in [-0.15, -0.1) is 0 Å². The van der Waals surface area contributed by atoms with E-state index in [1.165, 1.54) is 4.90 Å². The van der Waals surface area contributed by atoms with Gasteiger partial charge in [-0.3, -0.25) is 15.0 Å². The molecule has 3 aliphatic rings. The van der Waals surface area contributed by atoms with Crippen LogP contribution < -0.4 is 5.32 Å². The summed E-state index contributed by atoms with van der Waals surface area (Å²) < 4.78 is 24.9. The monoisotopic (exact) mass is 426 g/mol. The average Bonchev–Trinajstić information content (AvgIpc) is 3.04. The van der Waals surface area contributed by atoms with Gasteiger partial charge in [0.2, 0.25) is 5.91 Å². The third kappa shape index (κ3) is 4.29. The van der Waals surface area contributed by atoms with Gasteiger partial charge in [0.25, 0.3) is 0 Å². The number of urea groups is 1. The zero-order valence-corrected chi connectivity index (χ0v) is 19.7. The van der Waals surface area contributed by atoms with Gasteiger partial charge in [0, 0.05) is 5.70 Å². The molecule has 3 rings (SSSR count). The minimum atomic E-state index is -1.98. The highest BCUT2D eigenvalue weighted by Gasteiger charge is 2.58. The van der Waals surface area contributed by atoms with Crippen LogP contribution in [-0.4, -0.2) is 62.1 Å². The standard InChI is InChI=1S/C20H34N2O6Si/c1-9-12-10-14(23)21-18(24)22(12)17-16-15(27-20(5,6)28-16)13(26-17)11-25-29(7,8)19(2,3)4/h9,13,15-17H,10-11H2,1-8H3,(H,21,23,24)/b12-9+/t13-,15-,16-,17-/m1/s1. The topological polar surface area (TPSA) is 86.3 Å². The first-order valence-corrected chi connectivity index (χ1v) is 13.1. The third-order valence-electron chi connectivity index (χ3n) is 6.24. The van der Waals surface area contributed by atoms with Crippen LogP contribution in [0.25, 0.3) is 0 Å². The van der Waals surface area contributed by atoms with Crippen molar-refractivity contribution in [3.05, 3.63) is 11.8 Å². The van der Waals surface area contributed by atoms with Crippen LogP contribution in [0.1, 0.15) is 48.0 Å². The van der Waals surface area contributed by atoms with E-state index in [4.69, 9.17) is 18.6 Å². The molecule has 4 atom stereocenters. The molecule has 0 bridgehead atoms. The lowest BCUT2D eigenvalue weighted by atomic mass is 10.1. The van der Waals surface area contributed by atoms with Crippen LogP contribution >= 0.6 is 0 Å². The second-order valence-electron chi connectivity index (χ2n) is 9.88. The molecular weight excluding hydrogens is 392 g/mol. The Labute approximate surface area is 174 Å². The molecule has 29 heavy (non-hydrogen) atoms. The molecule has 3 saturated heterocycles. The van der Waals surface area contributed by atoms with Gasteiger partial charge in [-0.2, -0.15) is 0 Å². The Morgan fingerprint density at radius 3 is 2.45 bits per heavy atom. The van der Waals surface area contributed by atoms with E-state index in [9.17, 15) is 9.59 Å². The Hall–Kier alpha value is -1.26. The summed E-state index contributed by atoms with van der Waals surface area (Å²) in [5.74, 6) is -1.11. The van der Waals surface area contributed by atoms with Gasteiger partial charge in [-0.05, 0) is 38.9 Å². The van der Waals surface area contributed by atoms with E-state index in [-0.39, 0.29) is 29.6 Å². The van der Waals surface area contributed by atoms with E-state index in [0.29, 0.717) is 12.3 Å². The second kappa shape index (κ2) is 7.46. The number of allylic oxidation sites excluding steroid dienone is 1. The molecule has 0 aromatic carbocycles. The smallest absolute Gasteiger partial charge is 0.330 e. The number of hydrogen-bond acceptors (Lipinski definition) is 6. The number of carbonyl (C=O) groups is 2. The minimum absolute atomic E-state index is 0.0714. The third-order valence-corrected chi connectivity index (χ3v) is 10.7. The van der Waals surface area contributed by atoms with E-state index in [2.05, 4.69) is 39.2 Å². The molecule has 0 aliphatic carbocycles. The van der Waals surface area contributed by atoms with Gasteiger partial charge in [-0.25, -0.2) is 4.79 Å². The van der Waals surface area contributed by atoms with Crippen molar-refractivity contribution in [3.8, 4) is 0 Å². The second-order valence-corrected chi connectivity index (χ2v) is 14.7. The van der Waals surface area contributed by atoms with Crippen LogP contribution in [0.2, 0.25) is 18.1 Å². The summed E-state index contributed by atoms with van der Waals surface area (Å²) in [7, 11) is -1.98. The Bertz CT molecular complexity index is 714. The molecule has 164 valence electrons. The lowest BCUT2D eigenvalue weighted by Gasteiger charge is -2.38. The van der Waals surface area contributed by atoms with E-state index in [0.717, 1.165) is 0 Å². The molecule has 8 nitrogen and oxygen atoms in total. The van der Waals surface area contributed by atoms with Crippen LogP contribution in [0.3, 0.4) is 0 Å². The fourth-order valence-corrected chi connectivity index (χ4v) is 4.65. The zero-order valence-electron chi connectivity index (χ0n) is 18.7. The fourth-order valence-electron chi connectivity index (χ4n) is 3.63. The number of nitrogens with zero attached hydrogens (tertiary/aromatic N) is 1. The largest absolute Gasteiger partial charge is 0.414 e. The van der Waals surface area contributed by atoms with Crippen molar-refractivity contribution in [2.45, 2.75) is 96.4 Å². The van der Waals surface area contributed by atoms with Gasteiger partial charge >= 0.3 is 6.03 Å². The van der Waals surface area contributed by atoms with Crippen LogP contribution in [0.4, 0.5) is 4.79 Å². The predicted molar refractivity (Wildman–Crippen MR) is 109 cm³/mol. The number of carbonyl (C=O) groups excluding carboxylic acids is 2. The van der Waals surface area contributed by atoms with Crippen LogP contribution in [-0.2, 0) is 23.4 Å². The summed E-state index contributed by atoms with van der Waals surface area (Å²) in [5, 5.41) is 2.44. The van der Waals surface area contributed by atoms with Gasteiger partial charge in [-0.1, -0.05) is 26.8 Å². The molecule has 0 saturated carbocycles. The van der Waals surface area contributed by atoms with Crippen LogP contribution in [0.15, 0.2) is 11.8 Å². The van der Waals surface area contributed by atoms with Gasteiger partial charge in [0.15, 0.2) is 20.3 Å². The highest BCUT2D eigenvalue weighted by molar-refractivity contribution is 6.74. The Morgan fingerprint density at radius 2 is 1.86 bits per heavy atom. The molecule has 0 aromatic heterocycles. The number of ether oxygens (including phenoxy) is 3. The highest BCUT2D eigenvalue weighted by Crippen LogP contribution is 2.43. The van der Waals surface area contributed by atoms with Gasteiger partial charge in [0.1, 0.15) is 18.3 Å². The number of rotatable bonds is 4. The molecule has 1 N–H and O–H groups in total. The molecule has 3 amide bonds. The summed E-state index contributed by atoms with van der Waals surface area (Å²) in [6, 6.07) is -0.502. The highest BCUT2D eigenvalue weighted by atomic mass is 28.4.